The third kappa shape index (κ3) is 7.23. The zero-order chi connectivity index (χ0) is 11.0. The van der Waals surface area contributed by atoms with Crippen LogP contribution in [0.1, 0.15) is 25.7 Å². The maximum absolute atomic E-state index is 8.97. The molecule has 0 unspecified atom stereocenters. The fraction of sp³-hybridized carbons (Fsp3) is 1.00. The second-order valence-corrected chi connectivity index (χ2v) is 3.69. The highest BCUT2D eigenvalue weighted by Gasteiger charge is 2.14. The molecule has 5 nitrogen and oxygen atoms in total. The van der Waals surface area contributed by atoms with Crippen LogP contribution < -0.4 is 11.5 Å². The minimum Gasteiger partial charge on any atom is -0.395 e. The molecule has 5 heteroatoms. The Morgan fingerprint density at radius 1 is 1.07 bits per heavy atom. The first-order valence-electron chi connectivity index (χ1n) is 5.01. The van der Waals surface area contributed by atoms with E-state index in [0.717, 1.165) is 25.7 Å². The van der Waals surface area contributed by atoms with E-state index in [9.17, 15) is 0 Å². The minimum absolute atomic E-state index is 0.0604. The topological polar surface area (TPSA) is 113 Å². The van der Waals surface area contributed by atoms with E-state index in [1.165, 1.54) is 0 Å². The fourth-order valence-electron chi connectivity index (χ4n) is 1.16. The summed E-state index contributed by atoms with van der Waals surface area (Å²) in [6, 6.07) is -0.0941. The molecular weight excluding hydrogens is 184 g/mol. The maximum Gasteiger partial charge on any atom is 0.0605 e. The second kappa shape index (κ2) is 8.14. The Hall–Kier alpha value is -0.200. The van der Waals surface area contributed by atoms with E-state index in [2.05, 4.69) is 0 Å². The van der Waals surface area contributed by atoms with Crippen LogP contribution >= 0.6 is 0 Å². The Balaban J connectivity index is 0.000000255. The monoisotopic (exact) mass is 206 g/mol. The van der Waals surface area contributed by atoms with Gasteiger partial charge in [0.05, 0.1) is 25.4 Å². The first-order valence-corrected chi connectivity index (χ1v) is 5.01. The van der Waals surface area contributed by atoms with Crippen LogP contribution in [0.25, 0.3) is 0 Å². The highest BCUT2D eigenvalue weighted by atomic mass is 16.3. The summed E-state index contributed by atoms with van der Waals surface area (Å²) in [6.07, 6.45) is 3.75. The Morgan fingerprint density at radius 3 is 1.71 bits per heavy atom. The van der Waals surface area contributed by atoms with Crippen LogP contribution in [-0.2, 0) is 0 Å². The number of hydrogen-bond acceptors (Lipinski definition) is 5. The molecule has 0 aromatic heterocycles. The van der Waals surface area contributed by atoms with Gasteiger partial charge < -0.3 is 26.8 Å². The molecule has 1 rings (SSSR count). The molecule has 0 radical (unpaired) electrons. The van der Waals surface area contributed by atoms with Gasteiger partial charge in [0.1, 0.15) is 0 Å². The second-order valence-electron chi connectivity index (χ2n) is 3.69. The summed E-state index contributed by atoms with van der Waals surface area (Å²) >= 11 is 0. The van der Waals surface area contributed by atoms with E-state index in [0.29, 0.717) is 6.04 Å². The van der Waals surface area contributed by atoms with Gasteiger partial charge in [0.15, 0.2) is 0 Å². The average Bonchev–Trinajstić information content (AvgIpc) is 2.22. The Kier molecular flexibility index (Phi) is 8.02. The summed E-state index contributed by atoms with van der Waals surface area (Å²) in [4.78, 5) is 0. The normalized spacial score (nSPS) is 27.0. The van der Waals surface area contributed by atoms with Crippen LogP contribution in [0.5, 0.6) is 0 Å². The van der Waals surface area contributed by atoms with Crippen molar-refractivity contribution < 1.29 is 15.3 Å². The van der Waals surface area contributed by atoms with Gasteiger partial charge in [-0.1, -0.05) is 0 Å². The minimum atomic E-state index is -0.454. The molecule has 1 aliphatic rings. The van der Waals surface area contributed by atoms with Crippen LogP contribution in [-0.4, -0.2) is 46.7 Å². The van der Waals surface area contributed by atoms with Gasteiger partial charge >= 0.3 is 0 Å². The SMILES string of the molecule is NC(CO)CO.NC1CCC(O)CC1. The molecule has 0 amide bonds. The molecule has 0 spiro atoms. The first-order chi connectivity index (χ1) is 6.60. The van der Waals surface area contributed by atoms with Gasteiger partial charge in [0, 0.05) is 6.04 Å². The van der Waals surface area contributed by atoms with Crippen molar-refractivity contribution in [1.29, 1.82) is 0 Å². The van der Waals surface area contributed by atoms with Crippen molar-refractivity contribution in [2.24, 2.45) is 11.5 Å². The lowest BCUT2D eigenvalue weighted by Crippen LogP contribution is -2.28. The number of rotatable bonds is 2. The summed E-state index contributed by atoms with van der Waals surface area (Å²) in [5.41, 5.74) is 10.6. The molecule has 1 aliphatic carbocycles. The number of nitrogens with two attached hydrogens (primary N) is 2. The molecule has 0 aliphatic heterocycles. The summed E-state index contributed by atoms with van der Waals surface area (Å²) in [7, 11) is 0. The molecule has 14 heavy (non-hydrogen) atoms. The molecule has 0 bridgehead atoms. The van der Waals surface area contributed by atoms with Crippen LogP contribution in [0.4, 0.5) is 0 Å². The lowest BCUT2D eigenvalue weighted by molar-refractivity contribution is 0.123. The molecular formula is C9H22N2O3. The van der Waals surface area contributed by atoms with Crippen LogP contribution in [0.3, 0.4) is 0 Å². The largest absolute Gasteiger partial charge is 0.395 e. The molecule has 0 aromatic rings. The van der Waals surface area contributed by atoms with E-state index in [-0.39, 0.29) is 19.3 Å². The predicted octanol–water partition coefficient (Wildman–Crippen LogP) is -1.45. The lowest BCUT2D eigenvalue weighted by atomic mass is 9.94. The van der Waals surface area contributed by atoms with Gasteiger partial charge in [-0.2, -0.15) is 0 Å². The Morgan fingerprint density at radius 2 is 1.50 bits per heavy atom. The third-order valence-corrected chi connectivity index (χ3v) is 2.21. The van der Waals surface area contributed by atoms with Crippen LogP contribution in [0, 0.1) is 0 Å². The van der Waals surface area contributed by atoms with Gasteiger partial charge in [-0.3, -0.25) is 0 Å². The molecule has 1 saturated carbocycles. The van der Waals surface area contributed by atoms with Crippen molar-refractivity contribution in [3.8, 4) is 0 Å². The van der Waals surface area contributed by atoms with E-state index < -0.39 is 6.04 Å². The summed E-state index contributed by atoms with van der Waals surface area (Å²) in [5, 5.41) is 25.1. The standard InChI is InChI=1S/C6H13NO.C3H9NO2/c7-5-1-3-6(8)4-2-5;4-3(1-5)2-6/h5-6,8H,1-4,7H2;3,5-6H,1-2,4H2. The molecule has 0 heterocycles. The summed E-state index contributed by atoms with van der Waals surface area (Å²) < 4.78 is 0. The fourth-order valence-corrected chi connectivity index (χ4v) is 1.16. The van der Waals surface area contributed by atoms with Crippen LogP contribution in [0.2, 0.25) is 0 Å². The van der Waals surface area contributed by atoms with Crippen molar-refractivity contribution in [2.75, 3.05) is 13.2 Å². The van der Waals surface area contributed by atoms with E-state index in [4.69, 9.17) is 26.8 Å². The predicted molar refractivity (Wildman–Crippen MR) is 54.6 cm³/mol. The molecule has 0 aromatic carbocycles. The maximum atomic E-state index is 8.97. The Bertz CT molecular complexity index is 113. The highest BCUT2D eigenvalue weighted by molar-refractivity contribution is 4.72. The number of aliphatic hydroxyl groups excluding tert-OH is 3. The van der Waals surface area contributed by atoms with Crippen molar-refractivity contribution >= 4 is 0 Å². The molecule has 0 saturated heterocycles. The van der Waals surface area contributed by atoms with Gasteiger partial charge in [0.2, 0.25) is 0 Å². The van der Waals surface area contributed by atoms with Crippen molar-refractivity contribution in [1.82, 2.24) is 0 Å². The number of aliphatic hydroxyl groups is 3. The zero-order valence-corrected chi connectivity index (χ0v) is 8.47. The molecule has 0 atom stereocenters. The zero-order valence-electron chi connectivity index (χ0n) is 8.47. The summed E-state index contributed by atoms with van der Waals surface area (Å²) in [5.74, 6) is 0. The molecule has 86 valence electrons. The summed E-state index contributed by atoms with van der Waals surface area (Å²) in [6.45, 7) is -0.285. The van der Waals surface area contributed by atoms with Crippen molar-refractivity contribution in [3.63, 3.8) is 0 Å². The van der Waals surface area contributed by atoms with Crippen molar-refractivity contribution in [3.05, 3.63) is 0 Å². The quantitative estimate of drug-likeness (QED) is 0.379. The van der Waals surface area contributed by atoms with Crippen LogP contribution in [0.15, 0.2) is 0 Å². The van der Waals surface area contributed by atoms with E-state index in [1.807, 2.05) is 0 Å². The van der Waals surface area contributed by atoms with Gasteiger partial charge in [-0.05, 0) is 25.7 Å². The third-order valence-electron chi connectivity index (χ3n) is 2.21. The first kappa shape index (κ1) is 13.8. The van der Waals surface area contributed by atoms with E-state index >= 15 is 0 Å². The average molecular weight is 206 g/mol. The molecule has 7 N–H and O–H groups in total. The van der Waals surface area contributed by atoms with Gasteiger partial charge in [-0.15, -0.1) is 0 Å². The molecule has 1 fully saturated rings. The lowest BCUT2D eigenvalue weighted by Gasteiger charge is -2.21. The van der Waals surface area contributed by atoms with Gasteiger partial charge in [-0.25, -0.2) is 0 Å². The Labute approximate surface area is 84.7 Å². The van der Waals surface area contributed by atoms with Crippen molar-refractivity contribution in [2.45, 2.75) is 43.9 Å². The van der Waals surface area contributed by atoms with Gasteiger partial charge in [0.25, 0.3) is 0 Å². The van der Waals surface area contributed by atoms with E-state index in [1.54, 1.807) is 0 Å². The number of hydrogen-bond donors (Lipinski definition) is 5. The smallest absolute Gasteiger partial charge is 0.0605 e. The highest BCUT2D eigenvalue weighted by Crippen LogP contribution is 2.15.